The molecular formula is C8H7FN2. The van der Waals surface area contributed by atoms with E-state index in [0.29, 0.717) is 5.69 Å². The maximum atomic E-state index is 12.3. The Bertz CT molecular complexity index is 253. The van der Waals surface area contributed by atoms with Crippen molar-refractivity contribution in [2.75, 3.05) is 5.32 Å². The van der Waals surface area contributed by atoms with Gasteiger partial charge in [0.2, 0.25) is 0 Å². The maximum Gasteiger partial charge on any atom is 0.257 e. The lowest BCUT2D eigenvalue weighted by Gasteiger charge is -2.02. The number of halogens is 1. The zero-order valence-electron chi connectivity index (χ0n) is 5.79. The summed E-state index contributed by atoms with van der Waals surface area (Å²) in [6.07, 6.45) is -1.63. The van der Waals surface area contributed by atoms with Gasteiger partial charge in [0.25, 0.3) is 6.30 Å². The van der Waals surface area contributed by atoms with Gasteiger partial charge in [0, 0.05) is 5.69 Å². The summed E-state index contributed by atoms with van der Waals surface area (Å²) in [6.45, 7) is 0. The molecule has 0 aromatic heterocycles. The fourth-order valence-electron chi connectivity index (χ4n) is 0.713. The lowest BCUT2D eigenvalue weighted by molar-refractivity contribution is 0.450. The van der Waals surface area contributed by atoms with E-state index >= 15 is 0 Å². The SMILES string of the molecule is N#CC(F)Nc1ccccc1. The monoisotopic (exact) mass is 150 g/mol. The molecule has 0 aliphatic carbocycles. The zero-order valence-corrected chi connectivity index (χ0v) is 5.79. The minimum absolute atomic E-state index is 0.613. The Balaban J connectivity index is 2.60. The quantitative estimate of drug-likeness (QED) is 0.654. The first-order valence-electron chi connectivity index (χ1n) is 3.18. The lowest BCUT2D eigenvalue weighted by Crippen LogP contribution is -2.09. The van der Waals surface area contributed by atoms with E-state index in [1.807, 2.05) is 6.07 Å². The van der Waals surface area contributed by atoms with Crippen molar-refractivity contribution in [2.24, 2.45) is 0 Å². The van der Waals surface area contributed by atoms with E-state index < -0.39 is 6.30 Å². The normalized spacial score (nSPS) is 11.6. The van der Waals surface area contributed by atoms with Gasteiger partial charge >= 0.3 is 0 Å². The number of rotatable bonds is 2. The molecule has 0 heterocycles. The van der Waals surface area contributed by atoms with Gasteiger partial charge in [-0.05, 0) is 12.1 Å². The molecule has 0 aliphatic heterocycles. The highest BCUT2D eigenvalue weighted by molar-refractivity contribution is 5.43. The minimum atomic E-state index is -1.63. The Kier molecular flexibility index (Phi) is 2.45. The molecule has 0 amide bonds. The Hall–Kier alpha value is -1.56. The lowest BCUT2D eigenvalue weighted by atomic mass is 10.3. The molecular weight excluding hydrogens is 143 g/mol. The number of benzene rings is 1. The standard InChI is InChI=1S/C8H7FN2/c9-8(6-10)11-7-4-2-1-3-5-7/h1-5,8,11H. The molecule has 0 radical (unpaired) electrons. The van der Waals surface area contributed by atoms with Crippen molar-refractivity contribution in [3.05, 3.63) is 30.3 Å². The van der Waals surface area contributed by atoms with E-state index in [-0.39, 0.29) is 0 Å². The van der Waals surface area contributed by atoms with Gasteiger partial charge in [0.15, 0.2) is 0 Å². The van der Waals surface area contributed by atoms with Gasteiger partial charge in [0.1, 0.15) is 6.07 Å². The van der Waals surface area contributed by atoms with Gasteiger partial charge < -0.3 is 5.32 Å². The molecule has 1 aromatic rings. The highest BCUT2D eigenvalue weighted by Crippen LogP contribution is 2.06. The second-order valence-electron chi connectivity index (χ2n) is 2.00. The first-order chi connectivity index (χ1) is 5.33. The number of nitrogens with one attached hydrogen (secondary N) is 1. The molecule has 0 bridgehead atoms. The van der Waals surface area contributed by atoms with Crippen LogP contribution in [-0.2, 0) is 0 Å². The number of nitrogens with zero attached hydrogens (tertiary/aromatic N) is 1. The molecule has 2 nitrogen and oxygen atoms in total. The molecule has 0 aliphatic rings. The van der Waals surface area contributed by atoms with Crippen LogP contribution in [0.1, 0.15) is 0 Å². The summed E-state index contributed by atoms with van der Waals surface area (Å²) in [6, 6.07) is 10.2. The molecule has 0 saturated carbocycles. The first-order valence-corrected chi connectivity index (χ1v) is 3.18. The average Bonchev–Trinajstić information content (AvgIpc) is 2.06. The Morgan fingerprint density at radius 3 is 2.55 bits per heavy atom. The third-order valence-electron chi connectivity index (χ3n) is 1.18. The van der Waals surface area contributed by atoms with Crippen LogP contribution in [0.3, 0.4) is 0 Å². The molecule has 3 heteroatoms. The van der Waals surface area contributed by atoms with Gasteiger partial charge in [-0.3, -0.25) is 0 Å². The molecule has 1 rings (SSSR count). The van der Waals surface area contributed by atoms with Crippen LogP contribution in [0, 0.1) is 11.3 Å². The third-order valence-corrected chi connectivity index (χ3v) is 1.18. The van der Waals surface area contributed by atoms with Crippen LogP contribution in [0.15, 0.2) is 30.3 Å². The Morgan fingerprint density at radius 1 is 1.36 bits per heavy atom. The molecule has 0 fully saturated rings. The van der Waals surface area contributed by atoms with E-state index in [4.69, 9.17) is 5.26 Å². The predicted octanol–water partition coefficient (Wildman–Crippen LogP) is 1.92. The summed E-state index contributed by atoms with van der Waals surface area (Å²) in [5.41, 5.74) is 0.613. The van der Waals surface area contributed by atoms with E-state index in [2.05, 4.69) is 5.32 Å². The van der Waals surface area contributed by atoms with Crippen LogP contribution in [0.4, 0.5) is 10.1 Å². The first kappa shape index (κ1) is 7.55. The molecule has 1 atom stereocenters. The number of hydrogen-bond donors (Lipinski definition) is 1. The van der Waals surface area contributed by atoms with Crippen molar-refractivity contribution in [1.82, 2.24) is 0 Å². The smallest absolute Gasteiger partial charge is 0.257 e. The summed E-state index contributed by atoms with van der Waals surface area (Å²) in [5.74, 6) is 0. The van der Waals surface area contributed by atoms with E-state index in [1.165, 1.54) is 6.07 Å². The van der Waals surface area contributed by atoms with Crippen LogP contribution in [0.5, 0.6) is 0 Å². The summed E-state index contributed by atoms with van der Waals surface area (Å²) in [5, 5.41) is 10.5. The number of nitriles is 1. The average molecular weight is 150 g/mol. The third kappa shape index (κ3) is 2.26. The number of para-hydroxylation sites is 1. The van der Waals surface area contributed by atoms with Crippen molar-refractivity contribution < 1.29 is 4.39 Å². The second-order valence-corrected chi connectivity index (χ2v) is 2.00. The van der Waals surface area contributed by atoms with Crippen molar-refractivity contribution in [1.29, 1.82) is 5.26 Å². The van der Waals surface area contributed by atoms with Crippen molar-refractivity contribution in [2.45, 2.75) is 6.30 Å². The molecule has 1 N–H and O–H groups in total. The molecule has 0 spiro atoms. The summed E-state index contributed by atoms with van der Waals surface area (Å²) >= 11 is 0. The van der Waals surface area contributed by atoms with E-state index in [0.717, 1.165) is 0 Å². The highest BCUT2D eigenvalue weighted by Gasteiger charge is 2.00. The molecule has 56 valence electrons. The largest absolute Gasteiger partial charge is 0.344 e. The Morgan fingerprint density at radius 2 is 2.00 bits per heavy atom. The van der Waals surface area contributed by atoms with E-state index in [9.17, 15) is 4.39 Å². The van der Waals surface area contributed by atoms with Crippen LogP contribution in [0.2, 0.25) is 0 Å². The molecule has 1 aromatic carbocycles. The van der Waals surface area contributed by atoms with Gasteiger partial charge in [-0.2, -0.15) is 5.26 Å². The number of hydrogen-bond acceptors (Lipinski definition) is 2. The molecule has 11 heavy (non-hydrogen) atoms. The van der Waals surface area contributed by atoms with Crippen LogP contribution in [-0.4, -0.2) is 6.30 Å². The predicted molar refractivity (Wildman–Crippen MR) is 40.6 cm³/mol. The molecule has 0 saturated heterocycles. The van der Waals surface area contributed by atoms with E-state index in [1.54, 1.807) is 24.3 Å². The van der Waals surface area contributed by atoms with Crippen LogP contribution >= 0.6 is 0 Å². The van der Waals surface area contributed by atoms with Crippen molar-refractivity contribution in [3.8, 4) is 6.07 Å². The fraction of sp³-hybridized carbons (Fsp3) is 0.125. The highest BCUT2D eigenvalue weighted by atomic mass is 19.1. The van der Waals surface area contributed by atoms with Crippen LogP contribution in [0.25, 0.3) is 0 Å². The van der Waals surface area contributed by atoms with Gasteiger partial charge in [0.05, 0.1) is 0 Å². The van der Waals surface area contributed by atoms with Crippen LogP contribution < -0.4 is 5.32 Å². The minimum Gasteiger partial charge on any atom is -0.344 e. The van der Waals surface area contributed by atoms with Crippen molar-refractivity contribution in [3.63, 3.8) is 0 Å². The summed E-state index contributed by atoms with van der Waals surface area (Å²) in [7, 11) is 0. The van der Waals surface area contributed by atoms with Gasteiger partial charge in [-0.15, -0.1) is 0 Å². The zero-order chi connectivity index (χ0) is 8.10. The maximum absolute atomic E-state index is 12.3. The molecule has 1 unspecified atom stereocenters. The number of anilines is 1. The second kappa shape index (κ2) is 3.57. The van der Waals surface area contributed by atoms with Gasteiger partial charge in [-0.1, -0.05) is 18.2 Å². The van der Waals surface area contributed by atoms with Gasteiger partial charge in [-0.25, -0.2) is 4.39 Å². The summed E-state index contributed by atoms with van der Waals surface area (Å²) in [4.78, 5) is 0. The summed E-state index contributed by atoms with van der Waals surface area (Å²) < 4.78 is 12.3. The topological polar surface area (TPSA) is 35.8 Å². The fourth-order valence-corrected chi connectivity index (χ4v) is 0.713. The Labute approximate surface area is 64.3 Å². The van der Waals surface area contributed by atoms with Crippen molar-refractivity contribution >= 4 is 5.69 Å². The number of alkyl halides is 1.